The number of anilines is 1. The van der Waals surface area contributed by atoms with Gasteiger partial charge in [0.25, 0.3) is 0 Å². The molecule has 1 rings (SSSR count). The van der Waals surface area contributed by atoms with E-state index in [9.17, 15) is 8.42 Å². The van der Waals surface area contributed by atoms with Crippen LogP contribution < -0.4 is 10.5 Å². The van der Waals surface area contributed by atoms with Gasteiger partial charge < -0.3 is 10.6 Å². The monoisotopic (exact) mass is 363 g/mol. The topological polar surface area (TPSA) is 75.4 Å². The SMILES string of the molecule is CN(C)CC(C)(C)CNS(=O)(=O)c1ccc(N)c(Br)c1. The molecule has 0 aromatic heterocycles. The van der Waals surface area contributed by atoms with Crippen molar-refractivity contribution >= 4 is 31.6 Å². The van der Waals surface area contributed by atoms with Crippen LogP contribution in [0.3, 0.4) is 0 Å². The molecular formula is C13H22BrN3O2S. The molecule has 0 aliphatic rings. The summed E-state index contributed by atoms with van der Waals surface area (Å²) in [6.45, 7) is 5.21. The highest BCUT2D eigenvalue weighted by Gasteiger charge is 2.23. The van der Waals surface area contributed by atoms with Crippen molar-refractivity contribution in [1.29, 1.82) is 0 Å². The van der Waals surface area contributed by atoms with Gasteiger partial charge in [0.1, 0.15) is 0 Å². The summed E-state index contributed by atoms with van der Waals surface area (Å²) in [7, 11) is 0.409. The second kappa shape index (κ2) is 6.43. The summed E-state index contributed by atoms with van der Waals surface area (Å²) < 4.78 is 27.7. The average Bonchev–Trinajstić information content (AvgIpc) is 2.29. The lowest BCUT2D eigenvalue weighted by atomic mass is 9.93. The number of nitrogen functional groups attached to an aromatic ring is 1. The summed E-state index contributed by atoms with van der Waals surface area (Å²) in [5, 5.41) is 0. The van der Waals surface area contributed by atoms with E-state index in [0.29, 0.717) is 16.7 Å². The Kier molecular flexibility index (Phi) is 5.60. The van der Waals surface area contributed by atoms with E-state index in [1.165, 1.54) is 12.1 Å². The number of halogens is 1. The number of sulfonamides is 1. The van der Waals surface area contributed by atoms with Crippen molar-refractivity contribution in [3.8, 4) is 0 Å². The van der Waals surface area contributed by atoms with Crippen molar-refractivity contribution in [2.24, 2.45) is 5.41 Å². The van der Waals surface area contributed by atoms with Crippen LogP contribution in [-0.2, 0) is 10.0 Å². The van der Waals surface area contributed by atoms with Crippen molar-refractivity contribution < 1.29 is 8.42 Å². The number of nitrogens with one attached hydrogen (secondary N) is 1. The van der Waals surface area contributed by atoms with Gasteiger partial charge in [0.05, 0.1) is 4.90 Å². The molecule has 0 atom stereocenters. The molecule has 114 valence electrons. The van der Waals surface area contributed by atoms with E-state index >= 15 is 0 Å². The zero-order valence-electron chi connectivity index (χ0n) is 12.3. The van der Waals surface area contributed by atoms with Gasteiger partial charge in [0.15, 0.2) is 0 Å². The molecule has 3 N–H and O–H groups in total. The van der Waals surface area contributed by atoms with Gasteiger partial charge in [-0.15, -0.1) is 0 Å². The van der Waals surface area contributed by atoms with Crippen molar-refractivity contribution in [3.05, 3.63) is 22.7 Å². The highest BCUT2D eigenvalue weighted by atomic mass is 79.9. The lowest BCUT2D eigenvalue weighted by molar-refractivity contribution is 0.242. The van der Waals surface area contributed by atoms with Crippen molar-refractivity contribution in [1.82, 2.24) is 9.62 Å². The predicted octanol–water partition coefficient (Wildman–Crippen LogP) is 1.90. The Morgan fingerprint density at radius 2 is 1.95 bits per heavy atom. The summed E-state index contributed by atoms with van der Waals surface area (Å²) in [4.78, 5) is 2.24. The Balaban J connectivity index is 2.82. The quantitative estimate of drug-likeness (QED) is 0.756. The number of benzene rings is 1. The third-order valence-corrected chi connectivity index (χ3v) is 4.85. The van der Waals surface area contributed by atoms with Crippen LogP contribution in [0.4, 0.5) is 5.69 Å². The van der Waals surface area contributed by atoms with Gasteiger partial charge in [-0.25, -0.2) is 13.1 Å². The van der Waals surface area contributed by atoms with Crippen molar-refractivity contribution in [3.63, 3.8) is 0 Å². The van der Waals surface area contributed by atoms with Crippen LogP contribution in [0.2, 0.25) is 0 Å². The Morgan fingerprint density at radius 1 is 1.35 bits per heavy atom. The first kappa shape index (κ1) is 17.4. The number of hydrogen-bond acceptors (Lipinski definition) is 4. The molecule has 1 aromatic carbocycles. The molecule has 0 bridgehead atoms. The molecule has 5 nitrogen and oxygen atoms in total. The predicted molar refractivity (Wildman–Crippen MR) is 86.1 cm³/mol. The first-order valence-electron chi connectivity index (χ1n) is 6.23. The first-order valence-corrected chi connectivity index (χ1v) is 8.50. The minimum absolute atomic E-state index is 0.151. The van der Waals surface area contributed by atoms with E-state index in [1.54, 1.807) is 6.07 Å². The summed E-state index contributed by atoms with van der Waals surface area (Å²) >= 11 is 3.24. The van der Waals surface area contributed by atoms with E-state index in [-0.39, 0.29) is 10.3 Å². The van der Waals surface area contributed by atoms with Crippen LogP contribution in [0.25, 0.3) is 0 Å². The van der Waals surface area contributed by atoms with Gasteiger partial charge in [-0.3, -0.25) is 0 Å². The lowest BCUT2D eigenvalue weighted by Gasteiger charge is -2.28. The van der Waals surface area contributed by atoms with Crippen molar-refractivity contribution in [2.75, 3.05) is 32.9 Å². The number of rotatable bonds is 6. The molecule has 0 aliphatic carbocycles. The van der Waals surface area contributed by atoms with Crippen LogP contribution in [0.1, 0.15) is 13.8 Å². The fourth-order valence-corrected chi connectivity index (χ4v) is 3.76. The molecule has 0 heterocycles. The third-order valence-electron chi connectivity index (χ3n) is 2.77. The molecule has 0 unspecified atom stereocenters. The Bertz CT molecular complexity index is 571. The van der Waals surface area contributed by atoms with Crippen molar-refractivity contribution in [2.45, 2.75) is 18.7 Å². The number of nitrogens with zero attached hydrogens (tertiary/aromatic N) is 1. The Hall–Kier alpha value is -0.630. The second-order valence-corrected chi connectivity index (χ2v) is 8.53. The molecular weight excluding hydrogens is 342 g/mol. The van der Waals surface area contributed by atoms with Crippen LogP contribution in [0, 0.1) is 5.41 Å². The van der Waals surface area contributed by atoms with E-state index in [2.05, 4.69) is 20.7 Å². The highest BCUT2D eigenvalue weighted by molar-refractivity contribution is 9.10. The van der Waals surface area contributed by atoms with Crippen LogP contribution in [-0.4, -0.2) is 40.5 Å². The number of hydrogen-bond donors (Lipinski definition) is 2. The Labute approximate surface area is 129 Å². The fourth-order valence-electron chi connectivity index (χ4n) is 1.96. The molecule has 7 heteroatoms. The van der Waals surface area contributed by atoms with Crippen LogP contribution in [0.5, 0.6) is 0 Å². The molecule has 0 fully saturated rings. The van der Waals surface area contributed by atoms with E-state index in [1.807, 2.05) is 32.8 Å². The highest BCUT2D eigenvalue weighted by Crippen LogP contribution is 2.23. The maximum Gasteiger partial charge on any atom is 0.240 e. The Morgan fingerprint density at radius 3 is 2.45 bits per heavy atom. The van der Waals surface area contributed by atoms with Gasteiger partial charge in [-0.05, 0) is 53.6 Å². The summed E-state index contributed by atoms with van der Waals surface area (Å²) in [5.41, 5.74) is 6.02. The molecule has 0 saturated carbocycles. The minimum Gasteiger partial charge on any atom is -0.398 e. The smallest absolute Gasteiger partial charge is 0.240 e. The summed E-state index contributed by atoms with van der Waals surface area (Å²) in [5.74, 6) is 0. The molecule has 0 aliphatic heterocycles. The van der Waals surface area contributed by atoms with E-state index in [4.69, 9.17) is 5.73 Å². The minimum atomic E-state index is -3.52. The zero-order chi connectivity index (χ0) is 15.6. The van der Waals surface area contributed by atoms with E-state index in [0.717, 1.165) is 6.54 Å². The number of nitrogens with two attached hydrogens (primary N) is 1. The molecule has 1 aromatic rings. The summed E-state index contributed by atoms with van der Waals surface area (Å²) in [6, 6.07) is 4.58. The van der Waals surface area contributed by atoms with Gasteiger partial charge in [-0.2, -0.15) is 0 Å². The van der Waals surface area contributed by atoms with Crippen LogP contribution >= 0.6 is 15.9 Å². The first-order chi connectivity index (χ1) is 9.03. The summed E-state index contributed by atoms with van der Waals surface area (Å²) in [6.07, 6.45) is 0. The third kappa shape index (κ3) is 5.05. The normalized spacial score (nSPS) is 12.9. The van der Waals surface area contributed by atoms with E-state index < -0.39 is 10.0 Å². The molecule has 0 radical (unpaired) electrons. The molecule has 0 spiro atoms. The van der Waals surface area contributed by atoms with Gasteiger partial charge >= 0.3 is 0 Å². The molecule has 20 heavy (non-hydrogen) atoms. The average molecular weight is 364 g/mol. The largest absolute Gasteiger partial charge is 0.398 e. The van der Waals surface area contributed by atoms with Crippen LogP contribution in [0.15, 0.2) is 27.6 Å². The fraction of sp³-hybridized carbons (Fsp3) is 0.538. The standard InChI is InChI=1S/C13H22BrN3O2S/c1-13(2,9-17(3)4)8-16-20(18,19)10-5-6-12(15)11(14)7-10/h5-7,16H,8-9,15H2,1-4H3. The maximum atomic E-state index is 12.2. The zero-order valence-corrected chi connectivity index (χ0v) is 14.7. The van der Waals surface area contributed by atoms with Gasteiger partial charge in [-0.1, -0.05) is 13.8 Å². The second-order valence-electron chi connectivity index (χ2n) is 5.91. The lowest BCUT2D eigenvalue weighted by Crippen LogP contribution is -2.39. The molecule has 0 saturated heterocycles. The maximum absolute atomic E-state index is 12.2. The van der Waals surface area contributed by atoms with Gasteiger partial charge in [0.2, 0.25) is 10.0 Å². The van der Waals surface area contributed by atoms with Gasteiger partial charge in [0, 0.05) is 23.2 Å². The molecule has 0 amide bonds.